The van der Waals surface area contributed by atoms with E-state index in [2.05, 4.69) is 51.8 Å². The van der Waals surface area contributed by atoms with E-state index >= 15 is 0 Å². The van der Waals surface area contributed by atoms with Crippen molar-refractivity contribution in [1.29, 1.82) is 0 Å². The number of rotatable bonds is 7. The number of para-hydroxylation sites is 1. The molecule has 3 aromatic heterocycles. The number of furan rings is 1. The third kappa shape index (κ3) is 6.24. The molecule has 1 saturated heterocycles. The smallest absolute Gasteiger partial charge is 0.337 e. The highest BCUT2D eigenvalue weighted by Gasteiger charge is 2.37. The summed E-state index contributed by atoms with van der Waals surface area (Å²) in [6.07, 6.45) is 3.02. The normalized spacial score (nSPS) is 17.0. The molecule has 0 spiro atoms. The largest absolute Gasteiger partial charge is 0.479 e. The molecule has 7 rings (SSSR count). The number of ether oxygens (including phenoxy) is 1. The fourth-order valence-electron chi connectivity index (χ4n) is 7.38. The summed E-state index contributed by atoms with van der Waals surface area (Å²) in [5, 5.41) is 22.1. The fourth-order valence-corrected chi connectivity index (χ4v) is 7.38. The van der Waals surface area contributed by atoms with Crippen molar-refractivity contribution >= 4 is 39.5 Å². The lowest BCUT2D eigenvalue weighted by Crippen LogP contribution is -2.39. The van der Waals surface area contributed by atoms with E-state index in [1.54, 1.807) is 6.33 Å². The third-order valence-corrected chi connectivity index (χ3v) is 9.95. The number of nitrogens with zero attached hydrogens (tertiary/aromatic N) is 5. The van der Waals surface area contributed by atoms with Gasteiger partial charge in [-0.3, -0.25) is 4.98 Å². The van der Waals surface area contributed by atoms with Gasteiger partial charge in [0.05, 0.1) is 23.6 Å². The van der Waals surface area contributed by atoms with Gasteiger partial charge in [0.15, 0.2) is 17.5 Å². The molecular formula is C39H45N5O5. The van der Waals surface area contributed by atoms with Gasteiger partial charge in [-0.05, 0) is 81.2 Å². The van der Waals surface area contributed by atoms with Crippen LogP contribution in [-0.2, 0) is 29.1 Å². The standard InChI is InChI=1S/C39H45N5O5/c1-23-30(33(43-17-14-39(5,6)15-18-43)31(28(21-45)42-23)34(37(46)47)49-38(2,3)4)25-11-12-26-20-44(16-13-24(26)19-25)36-35-32(40-22-41-36)27-9-7-8-10-29(27)48-35/h7-12,19,22,34,45H,13-18,20-21H2,1-6H3,(H,46,47)/t34-/m0/s1. The Morgan fingerprint density at radius 2 is 1.80 bits per heavy atom. The van der Waals surface area contributed by atoms with Crippen LogP contribution in [0.1, 0.15) is 81.6 Å². The van der Waals surface area contributed by atoms with Crippen molar-refractivity contribution in [3.05, 3.63) is 76.9 Å². The van der Waals surface area contributed by atoms with E-state index in [4.69, 9.17) is 14.1 Å². The highest BCUT2D eigenvalue weighted by Crippen LogP contribution is 2.46. The van der Waals surface area contributed by atoms with Gasteiger partial charge in [0, 0.05) is 48.4 Å². The predicted molar refractivity (Wildman–Crippen MR) is 191 cm³/mol. The number of carboxylic acids is 1. The lowest BCUT2D eigenvalue weighted by atomic mass is 9.81. The summed E-state index contributed by atoms with van der Waals surface area (Å²) < 4.78 is 12.5. The Balaban J connectivity index is 1.32. The Labute approximate surface area is 286 Å². The number of hydrogen-bond donors (Lipinski definition) is 2. The summed E-state index contributed by atoms with van der Waals surface area (Å²) >= 11 is 0. The summed E-state index contributed by atoms with van der Waals surface area (Å²) in [6.45, 7) is 14.6. The molecule has 2 aliphatic heterocycles. The Hall–Kier alpha value is -4.54. The number of anilines is 2. The van der Waals surface area contributed by atoms with E-state index in [0.29, 0.717) is 23.4 Å². The number of piperidine rings is 1. The molecule has 49 heavy (non-hydrogen) atoms. The van der Waals surface area contributed by atoms with Gasteiger partial charge in [-0.25, -0.2) is 14.8 Å². The van der Waals surface area contributed by atoms with Crippen LogP contribution in [0.25, 0.3) is 33.2 Å². The van der Waals surface area contributed by atoms with Crippen LogP contribution in [0.4, 0.5) is 11.5 Å². The summed E-state index contributed by atoms with van der Waals surface area (Å²) in [5.41, 5.74) is 8.36. The molecule has 0 aliphatic carbocycles. The summed E-state index contributed by atoms with van der Waals surface area (Å²) in [5.74, 6) is -0.317. The van der Waals surface area contributed by atoms with Crippen LogP contribution >= 0.6 is 0 Å². The molecule has 10 heteroatoms. The quantitative estimate of drug-likeness (QED) is 0.182. The number of aliphatic hydroxyl groups is 1. The number of aliphatic carboxylic acids is 1. The zero-order valence-corrected chi connectivity index (χ0v) is 29.2. The molecule has 2 aliphatic rings. The highest BCUT2D eigenvalue weighted by molar-refractivity contribution is 6.05. The minimum Gasteiger partial charge on any atom is -0.479 e. The SMILES string of the molecule is Cc1nc(CO)c([C@H](OC(C)(C)C)C(=O)O)c(N2CCC(C)(C)CC2)c1-c1ccc2c(c1)CCN(c1ncnc3c1oc1ccccc13)C2. The number of carbonyl (C=O) groups is 1. The van der Waals surface area contributed by atoms with Gasteiger partial charge in [-0.1, -0.05) is 44.2 Å². The zero-order chi connectivity index (χ0) is 34.7. The van der Waals surface area contributed by atoms with Crippen molar-refractivity contribution in [3.63, 3.8) is 0 Å². The number of fused-ring (bicyclic) bond motifs is 4. The first kappa shape index (κ1) is 33.0. The third-order valence-electron chi connectivity index (χ3n) is 9.95. The number of benzene rings is 2. The van der Waals surface area contributed by atoms with Crippen LogP contribution in [0.15, 0.2) is 53.2 Å². The molecule has 0 bridgehead atoms. The molecule has 256 valence electrons. The number of aliphatic hydroxyl groups excluding tert-OH is 1. The Kier molecular flexibility index (Phi) is 8.35. The van der Waals surface area contributed by atoms with Crippen LogP contribution in [-0.4, -0.2) is 56.4 Å². The van der Waals surface area contributed by atoms with Gasteiger partial charge >= 0.3 is 5.97 Å². The maximum Gasteiger partial charge on any atom is 0.337 e. The second-order valence-corrected chi connectivity index (χ2v) is 15.2. The van der Waals surface area contributed by atoms with Crippen LogP contribution in [0.5, 0.6) is 0 Å². The molecule has 0 unspecified atom stereocenters. The van der Waals surface area contributed by atoms with Crippen molar-refractivity contribution < 1.29 is 24.2 Å². The minimum atomic E-state index is -1.30. The molecular weight excluding hydrogens is 618 g/mol. The maximum absolute atomic E-state index is 12.9. The van der Waals surface area contributed by atoms with Gasteiger partial charge in [-0.15, -0.1) is 0 Å². The summed E-state index contributed by atoms with van der Waals surface area (Å²) in [6, 6.07) is 14.4. The Bertz CT molecular complexity index is 2050. The van der Waals surface area contributed by atoms with Crippen molar-refractivity contribution in [2.75, 3.05) is 29.4 Å². The van der Waals surface area contributed by atoms with Crippen molar-refractivity contribution in [2.45, 2.75) is 85.7 Å². The molecule has 0 radical (unpaired) electrons. The molecule has 2 aromatic carbocycles. The summed E-state index contributed by atoms with van der Waals surface area (Å²) in [4.78, 5) is 31.5. The number of hydrogen-bond acceptors (Lipinski definition) is 9. The van der Waals surface area contributed by atoms with E-state index in [0.717, 1.165) is 83.7 Å². The second kappa shape index (κ2) is 12.4. The number of aryl methyl sites for hydroxylation is 1. The first-order valence-electron chi connectivity index (χ1n) is 17.1. The maximum atomic E-state index is 12.9. The molecule has 0 saturated carbocycles. The van der Waals surface area contributed by atoms with E-state index in [-0.39, 0.29) is 12.0 Å². The van der Waals surface area contributed by atoms with Crippen molar-refractivity contribution in [3.8, 4) is 11.1 Å². The Morgan fingerprint density at radius 1 is 1.04 bits per heavy atom. The Morgan fingerprint density at radius 3 is 2.51 bits per heavy atom. The first-order chi connectivity index (χ1) is 23.3. The zero-order valence-electron chi connectivity index (χ0n) is 29.2. The molecule has 5 aromatic rings. The van der Waals surface area contributed by atoms with E-state index < -0.39 is 17.7 Å². The van der Waals surface area contributed by atoms with Crippen LogP contribution in [0, 0.1) is 12.3 Å². The molecule has 5 heterocycles. The minimum absolute atomic E-state index is 0.183. The highest BCUT2D eigenvalue weighted by atomic mass is 16.5. The van der Waals surface area contributed by atoms with E-state index in [9.17, 15) is 15.0 Å². The molecule has 1 atom stereocenters. The lowest BCUT2D eigenvalue weighted by Gasteiger charge is -2.41. The van der Waals surface area contributed by atoms with Crippen molar-refractivity contribution in [2.24, 2.45) is 5.41 Å². The van der Waals surface area contributed by atoms with E-state index in [1.807, 2.05) is 52.0 Å². The van der Waals surface area contributed by atoms with Gasteiger partial charge < -0.3 is 29.2 Å². The average Bonchev–Trinajstić information content (AvgIpc) is 3.45. The first-order valence-corrected chi connectivity index (χ1v) is 17.1. The predicted octanol–water partition coefficient (Wildman–Crippen LogP) is 7.37. The van der Waals surface area contributed by atoms with Gasteiger partial charge in [-0.2, -0.15) is 0 Å². The van der Waals surface area contributed by atoms with Gasteiger partial charge in [0.25, 0.3) is 0 Å². The topological polar surface area (TPSA) is 125 Å². The number of aromatic nitrogens is 3. The van der Waals surface area contributed by atoms with Gasteiger partial charge in [0.2, 0.25) is 0 Å². The molecule has 2 N–H and O–H groups in total. The monoisotopic (exact) mass is 663 g/mol. The van der Waals surface area contributed by atoms with Crippen LogP contribution in [0.3, 0.4) is 0 Å². The molecule has 1 fully saturated rings. The van der Waals surface area contributed by atoms with E-state index in [1.165, 1.54) is 11.1 Å². The van der Waals surface area contributed by atoms with Crippen molar-refractivity contribution in [1.82, 2.24) is 15.0 Å². The average molecular weight is 664 g/mol. The van der Waals surface area contributed by atoms with Gasteiger partial charge in [0.1, 0.15) is 17.4 Å². The number of pyridine rings is 1. The van der Waals surface area contributed by atoms with Crippen LogP contribution in [0.2, 0.25) is 0 Å². The van der Waals surface area contributed by atoms with Crippen LogP contribution < -0.4 is 9.80 Å². The molecule has 0 amide bonds. The second-order valence-electron chi connectivity index (χ2n) is 15.2. The molecule has 10 nitrogen and oxygen atoms in total. The summed E-state index contributed by atoms with van der Waals surface area (Å²) in [7, 11) is 0. The lowest BCUT2D eigenvalue weighted by molar-refractivity contribution is -0.160. The number of carboxylic acid groups (broad SMARTS) is 1. The fraction of sp³-hybridized carbons (Fsp3) is 0.436.